The van der Waals surface area contributed by atoms with Gasteiger partial charge in [0.05, 0.1) is 19.1 Å². The molecule has 1 heterocycles. The van der Waals surface area contributed by atoms with Crippen LogP contribution in [-0.2, 0) is 10.2 Å². The Bertz CT molecular complexity index is 1480. The van der Waals surface area contributed by atoms with Crippen molar-refractivity contribution in [2.24, 2.45) is 5.73 Å². The fourth-order valence-electron chi connectivity index (χ4n) is 4.61. The Morgan fingerprint density at radius 1 is 0.952 bits per heavy atom. The van der Waals surface area contributed by atoms with Gasteiger partial charge < -0.3 is 29.4 Å². The smallest absolute Gasteiger partial charge is 0.349 e. The van der Waals surface area contributed by atoms with Crippen LogP contribution in [0.5, 0.6) is 28.7 Å². The van der Waals surface area contributed by atoms with Crippen LogP contribution in [0.3, 0.4) is 0 Å². The number of esters is 1. The number of hydrogen-bond donors (Lipinski definition) is 1. The molecule has 1 aliphatic rings. The number of nitrogens with zero attached hydrogens (tertiary/aromatic N) is 1. The predicted octanol–water partition coefficient (Wildman–Crippen LogP) is 6.76. The first-order valence-corrected chi connectivity index (χ1v) is 14.2. The van der Waals surface area contributed by atoms with Gasteiger partial charge in [0.25, 0.3) is 0 Å². The first-order valence-electron chi connectivity index (χ1n) is 14.2. The number of nitriles is 1. The lowest BCUT2D eigenvalue weighted by Gasteiger charge is -2.27. The van der Waals surface area contributed by atoms with Crippen molar-refractivity contribution in [1.29, 1.82) is 5.26 Å². The number of rotatable bonds is 11. The van der Waals surface area contributed by atoms with E-state index in [-0.39, 0.29) is 29.2 Å². The Labute approximate surface area is 247 Å². The molecule has 1 aliphatic heterocycles. The number of benzene rings is 3. The molecule has 0 radical (unpaired) electrons. The topological polar surface area (TPSA) is 113 Å². The Morgan fingerprint density at radius 3 is 2.36 bits per heavy atom. The van der Waals surface area contributed by atoms with Crippen molar-refractivity contribution in [2.75, 3.05) is 19.8 Å². The van der Waals surface area contributed by atoms with Gasteiger partial charge in [0.15, 0.2) is 18.1 Å². The van der Waals surface area contributed by atoms with Crippen molar-refractivity contribution in [3.8, 4) is 34.8 Å². The highest BCUT2D eigenvalue weighted by Crippen LogP contribution is 2.45. The second-order valence-electron chi connectivity index (χ2n) is 11.0. The van der Waals surface area contributed by atoms with Gasteiger partial charge in [-0.15, -0.1) is 0 Å². The zero-order valence-corrected chi connectivity index (χ0v) is 24.9. The molecule has 1 atom stereocenters. The van der Waals surface area contributed by atoms with Gasteiger partial charge in [-0.25, -0.2) is 4.79 Å². The number of fused-ring (bicyclic) bond motifs is 1. The van der Waals surface area contributed by atoms with Crippen molar-refractivity contribution < 1.29 is 28.5 Å². The maximum Gasteiger partial charge on any atom is 0.349 e. The van der Waals surface area contributed by atoms with E-state index in [1.807, 2.05) is 49.4 Å². The zero-order valence-electron chi connectivity index (χ0n) is 24.9. The maximum absolute atomic E-state index is 12.6. The van der Waals surface area contributed by atoms with E-state index in [4.69, 9.17) is 29.4 Å². The van der Waals surface area contributed by atoms with E-state index >= 15 is 0 Å². The Balaban J connectivity index is 1.52. The van der Waals surface area contributed by atoms with Gasteiger partial charge in [0.1, 0.15) is 28.9 Å². The monoisotopic (exact) mass is 570 g/mol. The number of nitrogens with two attached hydrogens (primary N) is 1. The molecule has 0 bridgehead atoms. The number of hydrogen-bond acceptors (Lipinski definition) is 8. The molecule has 220 valence electrons. The fraction of sp³-hybridized carbons (Fsp3) is 0.353. The lowest BCUT2D eigenvalue weighted by atomic mass is 9.83. The minimum absolute atomic E-state index is 0.0123. The fourth-order valence-corrected chi connectivity index (χ4v) is 4.61. The van der Waals surface area contributed by atoms with Crippen LogP contribution in [0.25, 0.3) is 0 Å². The molecular formula is C34H38N2O6. The first-order chi connectivity index (χ1) is 20.1. The van der Waals surface area contributed by atoms with Crippen LogP contribution >= 0.6 is 0 Å². The van der Waals surface area contributed by atoms with Crippen LogP contribution in [-0.4, -0.2) is 25.8 Å². The highest BCUT2D eigenvalue weighted by atomic mass is 16.6. The van der Waals surface area contributed by atoms with Crippen LogP contribution in [0.2, 0.25) is 0 Å². The molecule has 0 fully saturated rings. The van der Waals surface area contributed by atoms with Gasteiger partial charge in [-0.05, 0) is 60.2 Å². The molecule has 2 N–H and O–H groups in total. The van der Waals surface area contributed by atoms with Crippen LogP contribution in [0.4, 0.5) is 0 Å². The van der Waals surface area contributed by atoms with Crippen molar-refractivity contribution in [1.82, 2.24) is 0 Å². The third kappa shape index (κ3) is 7.16. The summed E-state index contributed by atoms with van der Waals surface area (Å²) in [5, 5.41) is 9.96. The average Bonchev–Trinajstić information content (AvgIpc) is 2.96. The number of carbonyl (C=O) groups is 1. The second-order valence-corrected chi connectivity index (χ2v) is 11.0. The van der Waals surface area contributed by atoms with Crippen molar-refractivity contribution in [3.63, 3.8) is 0 Å². The third-order valence-electron chi connectivity index (χ3n) is 6.86. The summed E-state index contributed by atoms with van der Waals surface area (Å²) in [6.45, 7) is 11.2. The van der Waals surface area contributed by atoms with Crippen molar-refractivity contribution in [3.05, 3.63) is 88.8 Å². The van der Waals surface area contributed by atoms with E-state index in [0.29, 0.717) is 41.8 Å². The average molecular weight is 571 g/mol. The molecule has 8 nitrogen and oxygen atoms in total. The van der Waals surface area contributed by atoms with E-state index in [0.717, 1.165) is 18.4 Å². The van der Waals surface area contributed by atoms with Gasteiger partial charge in [-0.1, -0.05) is 58.4 Å². The molecule has 0 aromatic heterocycles. The standard InChI is InChI=1S/C34H38N2O6/c1-6-8-17-39-28-16-9-22(18-30(28)38-7-2)32-26-15-14-25(19-29(26)42-33(36)27(32)20-35)41-31(37)21-40-24-12-10-23(11-13-24)34(3,4)5/h9-16,18-19,32H,6-8,17,21,36H2,1-5H3. The minimum atomic E-state index is -0.566. The van der Waals surface area contributed by atoms with Gasteiger partial charge in [0, 0.05) is 11.6 Å². The lowest BCUT2D eigenvalue weighted by molar-refractivity contribution is -0.136. The van der Waals surface area contributed by atoms with E-state index in [1.165, 1.54) is 5.56 Å². The summed E-state index contributed by atoms with van der Waals surface area (Å²) >= 11 is 0. The summed E-state index contributed by atoms with van der Waals surface area (Å²) in [5.74, 6) is 1.39. The normalized spacial score (nSPS) is 14.3. The summed E-state index contributed by atoms with van der Waals surface area (Å²) in [4.78, 5) is 12.6. The Hall–Kier alpha value is -4.64. The van der Waals surface area contributed by atoms with Crippen molar-refractivity contribution in [2.45, 2.75) is 58.8 Å². The Morgan fingerprint density at radius 2 is 1.69 bits per heavy atom. The molecule has 0 saturated carbocycles. The summed E-state index contributed by atoms with van der Waals surface area (Å²) < 4.78 is 28.7. The molecule has 0 aliphatic carbocycles. The summed E-state index contributed by atoms with van der Waals surface area (Å²) in [5.41, 5.74) is 9.16. The minimum Gasteiger partial charge on any atom is -0.490 e. The highest BCUT2D eigenvalue weighted by Gasteiger charge is 2.32. The van der Waals surface area contributed by atoms with Gasteiger partial charge in [-0.3, -0.25) is 0 Å². The summed E-state index contributed by atoms with van der Waals surface area (Å²) in [7, 11) is 0. The molecule has 3 aromatic carbocycles. The SMILES string of the molecule is CCCCOc1ccc(C2C(C#N)=C(N)Oc3cc(OC(=O)COc4ccc(C(C)(C)C)cc4)ccc32)cc1OCC. The quantitative estimate of drug-likeness (QED) is 0.153. The van der Waals surface area contributed by atoms with Crippen molar-refractivity contribution >= 4 is 5.97 Å². The molecule has 1 unspecified atom stereocenters. The number of carbonyl (C=O) groups excluding carboxylic acids is 1. The maximum atomic E-state index is 12.6. The third-order valence-corrected chi connectivity index (χ3v) is 6.86. The molecule has 4 rings (SSSR count). The molecular weight excluding hydrogens is 532 g/mol. The van der Waals surface area contributed by atoms with Gasteiger partial charge >= 0.3 is 5.97 Å². The van der Waals surface area contributed by atoms with Gasteiger partial charge in [-0.2, -0.15) is 5.26 Å². The second kappa shape index (κ2) is 13.3. The van der Waals surface area contributed by atoms with E-state index < -0.39 is 11.9 Å². The van der Waals surface area contributed by atoms with E-state index in [1.54, 1.807) is 18.2 Å². The number of ether oxygens (including phenoxy) is 5. The number of allylic oxidation sites excluding steroid dienone is 1. The molecule has 0 amide bonds. The lowest BCUT2D eigenvalue weighted by Crippen LogP contribution is -2.22. The van der Waals surface area contributed by atoms with Crippen LogP contribution in [0, 0.1) is 11.3 Å². The van der Waals surface area contributed by atoms with E-state index in [9.17, 15) is 10.1 Å². The zero-order chi connectivity index (χ0) is 30.3. The molecule has 8 heteroatoms. The van der Waals surface area contributed by atoms with E-state index in [2.05, 4.69) is 33.8 Å². The Kier molecular flexibility index (Phi) is 9.64. The first kappa shape index (κ1) is 30.3. The molecule has 42 heavy (non-hydrogen) atoms. The number of unbranched alkanes of at least 4 members (excludes halogenated alkanes) is 1. The van der Waals surface area contributed by atoms with Crippen LogP contribution in [0.1, 0.15) is 70.1 Å². The van der Waals surface area contributed by atoms with Crippen LogP contribution in [0.15, 0.2) is 72.1 Å². The largest absolute Gasteiger partial charge is 0.490 e. The van der Waals surface area contributed by atoms with Gasteiger partial charge in [0.2, 0.25) is 5.88 Å². The summed E-state index contributed by atoms with van der Waals surface area (Å²) in [6.07, 6.45) is 1.95. The summed E-state index contributed by atoms with van der Waals surface area (Å²) in [6, 6.07) is 20.5. The predicted molar refractivity (Wildman–Crippen MR) is 160 cm³/mol. The molecule has 3 aromatic rings. The molecule has 0 spiro atoms. The molecule has 0 saturated heterocycles. The van der Waals surface area contributed by atoms with Crippen LogP contribution < -0.4 is 29.4 Å². The highest BCUT2D eigenvalue weighted by molar-refractivity contribution is 5.74.